The van der Waals surface area contributed by atoms with Crippen molar-refractivity contribution in [2.45, 2.75) is 31.7 Å². The Morgan fingerprint density at radius 3 is 2.84 bits per heavy atom. The highest BCUT2D eigenvalue weighted by Crippen LogP contribution is 2.26. The normalized spacial score (nSPS) is 19.5. The molecule has 1 N–H and O–H groups in total. The Balaban J connectivity index is 1.70. The maximum Gasteiger partial charge on any atom is 0.123 e. The Labute approximate surface area is 126 Å². The highest BCUT2D eigenvalue weighted by atomic mass is 79.9. The first kappa shape index (κ1) is 13.3. The predicted octanol–water partition coefficient (Wildman–Crippen LogP) is 4.26. The van der Waals surface area contributed by atoms with Crippen LogP contribution in [0.3, 0.4) is 0 Å². The van der Waals surface area contributed by atoms with E-state index in [0.717, 1.165) is 22.4 Å². The summed E-state index contributed by atoms with van der Waals surface area (Å²) in [7, 11) is 0. The second-order valence-electron chi connectivity index (χ2n) is 5.00. The third-order valence-electron chi connectivity index (χ3n) is 3.51. The number of rotatable bonds is 3. The second kappa shape index (κ2) is 6.16. The lowest BCUT2D eigenvalue weighted by Gasteiger charge is -2.22. The zero-order valence-corrected chi connectivity index (χ0v) is 13.1. The minimum atomic E-state index is 0.619. The third kappa shape index (κ3) is 3.44. The van der Waals surface area contributed by atoms with Crippen LogP contribution in [-0.2, 0) is 6.42 Å². The summed E-state index contributed by atoms with van der Waals surface area (Å²) in [6, 6.07) is 8.99. The molecule has 19 heavy (non-hydrogen) atoms. The summed E-state index contributed by atoms with van der Waals surface area (Å²) in [5.74, 6) is 0. The Kier molecular flexibility index (Phi) is 4.31. The van der Waals surface area contributed by atoms with E-state index in [1.807, 2.05) is 0 Å². The molecule has 1 saturated heterocycles. The number of nitrogens with one attached hydrogen (secondary N) is 1. The molecule has 1 aromatic heterocycles. The summed E-state index contributed by atoms with van der Waals surface area (Å²) in [6.45, 7) is 1.16. The van der Waals surface area contributed by atoms with E-state index in [2.05, 4.69) is 50.9 Å². The van der Waals surface area contributed by atoms with Crippen LogP contribution in [0.1, 0.15) is 25.0 Å². The van der Waals surface area contributed by atoms with Gasteiger partial charge in [-0.25, -0.2) is 4.98 Å². The first-order chi connectivity index (χ1) is 9.31. The van der Waals surface area contributed by atoms with Crippen molar-refractivity contribution in [3.63, 3.8) is 0 Å². The summed E-state index contributed by atoms with van der Waals surface area (Å²) < 4.78 is 1.11. The molecule has 2 aromatic rings. The Bertz CT molecular complexity index is 529. The van der Waals surface area contributed by atoms with Crippen LogP contribution < -0.4 is 5.32 Å². The molecule has 2 heterocycles. The topological polar surface area (TPSA) is 24.9 Å². The highest BCUT2D eigenvalue weighted by Gasteiger charge is 2.14. The average Bonchev–Trinajstić information content (AvgIpc) is 2.89. The van der Waals surface area contributed by atoms with Crippen LogP contribution in [-0.4, -0.2) is 17.6 Å². The molecule has 0 bridgehead atoms. The van der Waals surface area contributed by atoms with Crippen LogP contribution >= 0.6 is 27.3 Å². The minimum Gasteiger partial charge on any atom is -0.314 e. The molecule has 0 amide bonds. The Hall–Kier alpha value is -0.710. The molecule has 1 unspecified atom stereocenters. The van der Waals surface area contributed by atoms with Gasteiger partial charge in [0.25, 0.3) is 0 Å². The van der Waals surface area contributed by atoms with Crippen LogP contribution in [0.4, 0.5) is 0 Å². The number of hydrogen-bond acceptors (Lipinski definition) is 3. The van der Waals surface area contributed by atoms with E-state index >= 15 is 0 Å². The summed E-state index contributed by atoms with van der Waals surface area (Å²) >= 11 is 5.21. The molecule has 4 heteroatoms. The van der Waals surface area contributed by atoms with Crippen molar-refractivity contribution in [3.8, 4) is 10.6 Å². The molecule has 0 saturated carbocycles. The van der Waals surface area contributed by atoms with Gasteiger partial charge >= 0.3 is 0 Å². The summed E-state index contributed by atoms with van der Waals surface area (Å²) in [4.78, 5) is 4.77. The molecule has 1 aromatic carbocycles. The molecule has 1 aliphatic rings. The summed E-state index contributed by atoms with van der Waals surface area (Å²) in [6.07, 6.45) is 5.01. The first-order valence-electron chi connectivity index (χ1n) is 6.75. The fraction of sp³-hybridized carbons (Fsp3) is 0.400. The largest absolute Gasteiger partial charge is 0.314 e. The maximum atomic E-state index is 4.77. The minimum absolute atomic E-state index is 0.619. The molecular weight excluding hydrogens is 320 g/mol. The molecule has 1 fully saturated rings. The zero-order chi connectivity index (χ0) is 13.1. The van der Waals surface area contributed by atoms with E-state index in [9.17, 15) is 0 Å². The van der Waals surface area contributed by atoms with E-state index in [1.165, 1.54) is 30.5 Å². The number of thiazole rings is 1. The lowest BCUT2D eigenvalue weighted by molar-refractivity contribution is 0.397. The number of halogens is 1. The van der Waals surface area contributed by atoms with Crippen molar-refractivity contribution in [3.05, 3.63) is 39.8 Å². The zero-order valence-electron chi connectivity index (χ0n) is 10.7. The lowest BCUT2D eigenvalue weighted by atomic mass is 10.0. The van der Waals surface area contributed by atoms with Gasteiger partial charge in [0.2, 0.25) is 0 Å². The molecule has 3 rings (SSSR count). The quantitative estimate of drug-likeness (QED) is 0.905. The number of benzene rings is 1. The average molecular weight is 337 g/mol. The number of hydrogen-bond donors (Lipinski definition) is 1. The molecule has 100 valence electrons. The SMILES string of the molecule is Brc1ccc(-c2nc(CC3CCCCN3)cs2)cc1. The second-order valence-corrected chi connectivity index (χ2v) is 6.78. The smallest absolute Gasteiger partial charge is 0.123 e. The van der Waals surface area contributed by atoms with Crippen LogP contribution in [0.25, 0.3) is 10.6 Å². The van der Waals surface area contributed by atoms with E-state index in [-0.39, 0.29) is 0 Å². The predicted molar refractivity (Wildman–Crippen MR) is 84.6 cm³/mol. The molecule has 1 aliphatic heterocycles. The number of piperidine rings is 1. The van der Waals surface area contributed by atoms with Gasteiger partial charge in [-0.05, 0) is 31.5 Å². The fourth-order valence-electron chi connectivity index (χ4n) is 2.48. The molecule has 1 atom stereocenters. The van der Waals surface area contributed by atoms with Crippen molar-refractivity contribution in [2.24, 2.45) is 0 Å². The van der Waals surface area contributed by atoms with Gasteiger partial charge in [-0.1, -0.05) is 34.5 Å². The summed E-state index contributed by atoms with van der Waals surface area (Å²) in [5.41, 5.74) is 2.43. The van der Waals surface area contributed by atoms with Crippen LogP contribution in [0.2, 0.25) is 0 Å². The van der Waals surface area contributed by atoms with Gasteiger partial charge in [-0.3, -0.25) is 0 Å². The highest BCUT2D eigenvalue weighted by molar-refractivity contribution is 9.10. The van der Waals surface area contributed by atoms with E-state index in [4.69, 9.17) is 4.98 Å². The van der Waals surface area contributed by atoms with Crippen molar-refractivity contribution < 1.29 is 0 Å². The Morgan fingerprint density at radius 1 is 1.26 bits per heavy atom. The van der Waals surface area contributed by atoms with Crippen molar-refractivity contribution in [1.82, 2.24) is 10.3 Å². The standard InChI is InChI=1S/C15H17BrN2S/c16-12-6-4-11(5-7-12)15-18-14(10-19-15)9-13-3-1-2-8-17-13/h4-7,10,13,17H,1-3,8-9H2. The van der Waals surface area contributed by atoms with Crippen molar-refractivity contribution >= 4 is 27.3 Å². The first-order valence-corrected chi connectivity index (χ1v) is 8.42. The fourth-order valence-corrected chi connectivity index (χ4v) is 3.58. The van der Waals surface area contributed by atoms with Crippen molar-refractivity contribution in [1.29, 1.82) is 0 Å². The van der Waals surface area contributed by atoms with Gasteiger partial charge in [0, 0.05) is 27.9 Å². The summed E-state index contributed by atoms with van der Waals surface area (Å²) in [5, 5.41) is 6.91. The van der Waals surface area contributed by atoms with Crippen molar-refractivity contribution in [2.75, 3.05) is 6.54 Å². The third-order valence-corrected chi connectivity index (χ3v) is 4.98. The molecule has 0 aliphatic carbocycles. The van der Waals surface area contributed by atoms with Gasteiger partial charge < -0.3 is 5.32 Å². The van der Waals surface area contributed by atoms with Crippen LogP contribution in [0.15, 0.2) is 34.1 Å². The van der Waals surface area contributed by atoms with E-state index in [0.29, 0.717) is 6.04 Å². The van der Waals surface area contributed by atoms with Gasteiger partial charge in [-0.2, -0.15) is 0 Å². The van der Waals surface area contributed by atoms with Gasteiger partial charge in [0.15, 0.2) is 0 Å². The lowest BCUT2D eigenvalue weighted by Crippen LogP contribution is -2.35. The maximum absolute atomic E-state index is 4.77. The van der Waals surface area contributed by atoms with Gasteiger partial charge in [0.05, 0.1) is 5.69 Å². The number of aromatic nitrogens is 1. The molecule has 2 nitrogen and oxygen atoms in total. The van der Waals surface area contributed by atoms with Crippen LogP contribution in [0.5, 0.6) is 0 Å². The Morgan fingerprint density at radius 2 is 2.11 bits per heavy atom. The molecule has 0 radical (unpaired) electrons. The van der Waals surface area contributed by atoms with Crippen LogP contribution in [0, 0.1) is 0 Å². The number of nitrogens with zero attached hydrogens (tertiary/aromatic N) is 1. The molecule has 0 spiro atoms. The van der Waals surface area contributed by atoms with E-state index in [1.54, 1.807) is 11.3 Å². The van der Waals surface area contributed by atoms with Gasteiger partial charge in [0.1, 0.15) is 5.01 Å². The monoisotopic (exact) mass is 336 g/mol. The van der Waals surface area contributed by atoms with Gasteiger partial charge in [-0.15, -0.1) is 11.3 Å². The molecular formula is C15H17BrN2S. The van der Waals surface area contributed by atoms with E-state index < -0.39 is 0 Å².